The second kappa shape index (κ2) is 69.6. The van der Waals surface area contributed by atoms with Gasteiger partial charge in [-0.2, -0.15) is 0 Å². The third-order valence-electron chi connectivity index (χ3n) is 16.9. The highest BCUT2D eigenvalue weighted by molar-refractivity contribution is 5.76. The van der Waals surface area contributed by atoms with Crippen molar-refractivity contribution >= 4 is 11.9 Å². The molecule has 0 spiro atoms. The molecular weight excluding hydrogens is 983 g/mol. The van der Waals surface area contributed by atoms with E-state index in [1.54, 1.807) is 6.08 Å². The van der Waals surface area contributed by atoms with Crippen molar-refractivity contribution < 1.29 is 24.5 Å². The fourth-order valence-corrected chi connectivity index (χ4v) is 11.4. The van der Waals surface area contributed by atoms with Crippen molar-refractivity contribution in [3.8, 4) is 0 Å². The number of carbonyl (C=O) groups is 2. The lowest BCUT2D eigenvalue weighted by atomic mass is 10.0. The molecule has 0 heterocycles. The third-order valence-corrected chi connectivity index (χ3v) is 16.9. The van der Waals surface area contributed by atoms with Gasteiger partial charge in [0.05, 0.1) is 25.4 Å². The first-order valence-electron chi connectivity index (χ1n) is 36.3. The molecule has 0 aromatic carbocycles. The normalized spacial score (nSPS) is 12.7. The standard InChI is InChI=1S/C74H141NO5/c1-3-5-7-9-11-13-15-16-17-18-19-31-34-37-40-43-47-50-54-58-62-66-72(77)71(70-76)75-73(78)67-63-59-55-51-48-44-41-38-35-32-29-27-25-23-21-20-22-24-26-28-30-33-36-39-42-45-49-53-57-61-65-69-80-74(79)68-64-60-56-52-46-14-12-10-8-6-4-2/h22,24,28,30,62,66,71-72,76-77H,3-21,23,25-27,29,31-61,63-65,67-70H2,1-2H3,(H,75,78)/b24-22-,30-28-,66-62+. The van der Waals surface area contributed by atoms with Gasteiger partial charge >= 0.3 is 5.97 Å². The lowest BCUT2D eigenvalue weighted by Gasteiger charge is -2.20. The summed E-state index contributed by atoms with van der Waals surface area (Å²) in [5, 5.41) is 23.3. The first-order chi connectivity index (χ1) is 39.5. The van der Waals surface area contributed by atoms with E-state index in [0.29, 0.717) is 19.4 Å². The van der Waals surface area contributed by atoms with Gasteiger partial charge < -0.3 is 20.3 Å². The summed E-state index contributed by atoms with van der Waals surface area (Å²) < 4.78 is 5.47. The maximum Gasteiger partial charge on any atom is 0.305 e. The van der Waals surface area contributed by atoms with E-state index >= 15 is 0 Å². The average molecular weight is 1120 g/mol. The third kappa shape index (κ3) is 65.2. The zero-order chi connectivity index (χ0) is 57.8. The van der Waals surface area contributed by atoms with E-state index in [0.717, 1.165) is 44.9 Å². The van der Waals surface area contributed by atoms with E-state index in [4.69, 9.17) is 4.74 Å². The van der Waals surface area contributed by atoms with Crippen LogP contribution in [0.5, 0.6) is 0 Å². The summed E-state index contributed by atoms with van der Waals surface area (Å²) in [6.45, 7) is 4.93. The number of esters is 1. The van der Waals surface area contributed by atoms with Gasteiger partial charge in [-0.3, -0.25) is 9.59 Å². The van der Waals surface area contributed by atoms with Gasteiger partial charge in [0.25, 0.3) is 0 Å². The van der Waals surface area contributed by atoms with Gasteiger partial charge in [0.1, 0.15) is 0 Å². The molecule has 0 fully saturated rings. The van der Waals surface area contributed by atoms with Gasteiger partial charge in [-0.05, 0) is 64.2 Å². The maximum absolute atomic E-state index is 12.5. The second-order valence-electron chi connectivity index (χ2n) is 24.9. The van der Waals surface area contributed by atoms with E-state index in [-0.39, 0.29) is 18.5 Å². The summed E-state index contributed by atoms with van der Waals surface area (Å²) in [6, 6.07) is -0.629. The minimum absolute atomic E-state index is 0.0130. The Hall–Kier alpha value is -1.92. The fourth-order valence-electron chi connectivity index (χ4n) is 11.4. The summed E-state index contributed by atoms with van der Waals surface area (Å²) in [4.78, 5) is 24.5. The second-order valence-corrected chi connectivity index (χ2v) is 24.9. The van der Waals surface area contributed by atoms with Crippen molar-refractivity contribution in [3.05, 3.63) is 36.5 Å². The highest BCUT2D eigenvalue weighted by Crippen LogP contribution is 2.19. The van der Waals surface area contributed by atoms with Gasteiger partial charge in [-0.25, -0.2) is 0 Å². The van der Waals surface area contributed by atoms with Crippen LogP contribution in [-0.4, -0.2) is 47.4 Å². The maximum atomic E-state index is 12.5. The summed E-state index contributed by atoms with van der Waals surface area (Å²) >= 11 is 0. The van der Waals surface area contributed by atoms with Gasteiger partial charge in [0.2, 0.25) is 5.91 Å². The lowest BCUT2D eigenvalue weighted by molar-refractivity contribution is -0.143. The molecule has 0 saturated carbocycles. The minimum Gasteiger partial charge on any atom is -0.466 e. The van der Waals surface area contributed by atoms with E-state index in [1.165, 1.54) is 327 Å². The van der Waals surface area contributed by atoms with Crippen molar-refractivity contribution in [3.63, 3.8) is 0 Å². The van der Waals surface area contributed by atoms with Gasteiger partial charge in [-0.1, -0.05) is 359 Å². The average Bonchev–Trinajstić information content (AvgIpc) is 3.46. The number of hydrogen-bond donors (Lipinski definition) is 3. The van der Waals surface area contributed by atoms with Crippen molar-refractivity contribution in [2.24, 2.45) is 0 Å². The quantitative estimate of drug-likeness (QED) is 0.0320. The molecule has 0 aromatic heterocycles. The number of hydrogen-bond acceptors (Lipinski definition) is 5. The van der Waals surface area contributed by atoms with Gasteiger partial charge in [0, 0.05) is 12.8 Å². The molecular formula is C74H141NO5. The zero-order valence-electron chi connectivity index (χ0n) is 54.1. The minimum atomic E-state index is -0.845. The van der Waals surface area contributed by atoms with Crippen LogP contribution in [0.4, 0.5) is 0 Å². The van der Waals surface area contributed by atoms with Crippen LogP contribution in [0.1, 0.15) is 399 Å². The van der Waals surface area contributed by atoms with Gasteiger partial charge in [-0.15, -0.1) is 0 Å². The van der Waals surface area contributed by atoms with Crippen LogP contribution in [0.25, 0.3) is 0 Å². The first-order valence-corrected chi connectivity index (χ1v) is 36.3. The van der Waals surface area contributed by atoms with Crippen LogP contribution in [0, 0.1) is 0 Å². The van der Waals surface area contributed by atoms with E-state index in [1.807, 2.05) is 6.08 Å². The molecule has 0 aliphatic heterocycles. The molecule has 6 nitrogen and oxygen atoms in total. The van der Waals surface area contributed by atoms with Crippen molar-refractivity contribution in [1.29, 1.82) is 0 Å². The zero-order valence-corrected chi connectivity index (χ0v) is 54.1. The number of carbonyl (C=O) groups excluding carboxylic acids is 2. The summed E-state index contributed by atoms with van der Waals surface area (Å²) in [6.07, 6.45) is 89.5. The van der Waals surface area contributed by atoms with Crippen LogP contribution >= 0.6 is 0 Å². The molecule has 0 saturated heterocycles. The van der Waals surface area contributed by atoms with Crippen LogP contribution in [0.2, 0.25) is 0 Å². The molecule has 3 N–H and O–H groups in total. The molecule has 0 aliphatic rings. The Morgan fingerprint density at radius 1 is 0.350 bits per heavy atom. The topological polar surface area (TPSA) is 95.9 Å². The van der Waals surface area contributed by atoms with E-state index < -0.39 is 12.1 Å². The number of amides is 1. The number of rotatable bonds is 68. The highest BCUT2D eigenvalue weighted by Gasteiger charge is 2.18. The van der Waals surface area contributed by atoms with E-state index in [9.17, 15) is 19.8 Å². The van der Waals surface area contributed by atoms with Gasteiger partial charge in [0.15, 0.2) is 0 Å². The molecule has 0 radical (unpaired) electrons. The largest absolute Gasteiger partial charge is 0.466 e. The number of ether oxygens (including phenoxy) is 1. The Balaban J connectivity index is 3.42. The molecule has 0 aromatic rings. The molecule has 80 heavy (non-hydrogen) atoms. The van der Waals surface area contributed by atoms with Crippen LogP contribution in [0.15, 0.2) is 36.5 Å². The fraction of sp³-hybridized carbons (Fsp3) is 0.892. The molecule has 0 bridgehead atoms. The Labute approximate surface area is 500 Å². The number of aliphatic hydroxyl groups excluding tert-OH is 2. The summed E-state index contributed by atoms with van der Waals surface area (Å²) in [7, 11) is 0. The monoisotopic (exact) mass is 1120 g/mol. The van der Waals surface area contributed by atoms with Crippen LogP contribution < -0.4 is 5.32 Å². The molecule has 1 amide bonds. The molecule has 6 heteroatoms. The smallest absolute Gasteiger partial charge is 0.305 e. The summed E-state index contributed by atoms with van der Waals surface area (Å²) in [5.41, 5.74) is 0. The van der Waals surface area contributed by atoms with Crippen LogP contribution in [-0.2, 0) is 14.3 Å². The van der Waals surface area contributed by atoms with E-state index in [2.05, 4.69) is 43.5 Å². The Morgan fingerprint density at radius 3 is 0.950 bits per heavy atom. The predicted molar refractivity (Wildman–Crippen MR) is 352 cm³/mol. The molecule has 0 rings (SSSR count). The number of nitrogens with one attached hydrogen (secondary N) is 1. The molecule has 472 valence electrons. The van der Waals surface area contributed by atoms with Crippen molar-refractivity contribution in [1.82, 2.24) is 5.32 Å². The van der Waals surface area contributed by atoms with Crippen molar-refractivity contribution in [2.75, 3.05) is 13.2 Å². The predicted octanol–water partition coefficient (Wildman–Crippen LogP) is 23.5. The van der Waals surface area contributed by atoms with Crippen molar-refractivity contribution in [2.45, 2.75) is 411 Å². The first kappa shape index (κ1) is 78.1. The van der Waals surface area contributed by atoms with Crippen LogP contribution in [0.3, 0.4) is 0 Å². The molecule has 0 aliphatic carbocycles. The molecule has 2 atom stereocenters. The number of allylic oxidation sites excluding steroid dienone is 5. The Kier molecular flexibility index (Phi) is 67.9. The highest BCUT2D eigenvalue weighted by atomic mass is 16.5. The SMILES string of the molecule is CCCCCCCCCCCCCCCCCCCCC/C=C/C(O)C(CO)NC(=O)CCCCCCCCCCCCCCCCC/C=C\C/C=C\CCCCCCCCCCCOC(=O)CCCCCCCCCCCCC. The lowest BCUT2D eigenvalue weighted by Crippen LogP contribution is -2.45. The number of unbranched alkanes of at least 4 members (excludes halogenated alkanes) is 53. The summed E-state index contributed by atoms with van der Waals surface area (Å²) in [5.74, 6) is -0.0505. The Bertz CT molecular complexity index is 1300. The molecule has 2 unspecified atom stereocenters. The number of aliphatic hydroxyl groups is 2. The Morgan fingerprint density at radius 2 is 0.625 bits per heavy atom.